The number of carbonyl (C=O) groups excluding carboxylic acids is 2. The van der Waals surface area contributed by atoms with E-state index >= 15 is 0 Å². The lowest BCUT2D eigenvalue weighted by Gasteiger charge is -2.18. The van der Waals surface area contributed by atoms with E-state index in [1.54, 1.807) is 0 Å². The van der Waals surface area contributed by atoms with Gasteiger partial charge < -0.3 is 10.2 Å². The zero-order valence-electron chi connectivity index (χ0n) is 9.28. The van der Waals surface area contributed by atoms with Gasteiger partial charge in [-0.1, -0.05) is 0 Å². The summed E-state index contributed by atoms with van der Waals surface area (Å²) in [4.78, 5) is 24.8. The Bertz CT molecular complexity index is 431. The van der Waals surface area contributed by atoms with Crippen molar-refractivity contribution in [2.75, 3.05) is 19.6 Å². The van der Waals surface area contributed by atoms with Crippen LogP contribution in [0.3, 0.4) is 0 Å². The number of halogens is 1. The monoisotopic (exact) mass is 236 g/mol. The highest BCUT2D eigenvalue weighted by atomic mass is 19.1. The van der Waals surface area contributed by atoms with Gasteiger partial charge in [0.2, 0.25) is 5.91 Å². The molecule has 2 amide bonds. The first-order valence-corrected chi connectivity index (χ1v) is 5.48. The molecule has 1 aromatic carbocycles. The molecular weight excluding hydrogens is 223 g/mol. The minimum absolute atomic E-state index is 0.0657. The van der Waals surface area contributed by atoms with Crippen molar-refractivity contribution in [3.63, 3.8) is 0 Å². The van der Waals surface area contributed by atoms with Crippen LogP contribution in [0.2, 0.25) is 0 Å². The van der Waals surface area contributed by atoms with E-state index in [0.29, 0.717) is 18.7 Å². The van der Waals surface area contributed by atoms with Crippen molar-refractivity contribution in [2.45, 2.75) is 6.42 Å². The Balaban J connectivity index is 2.13. The van der Waals surface area contributed by atoms with Crippen molar-refractivity contribution in [3.8, 4) is 0 Å². The SMILES string of the molecule is O=C1CN(C(=O)c2ccc(F)cc2)CCCN1. The highest BCUT2D eigenvalue weighted by molar-refractivity contribution is 5.96. The Morgan fingerprint density at radius 3 is 2.71 bits per heavy atom. The molecule has 1 heterocycles. The van der Waals surface area contributed by atoms with Crippen molar-refractivity contribution in [1.82, 2.24) is 10.2 Å². The molecule has 0 radical (unpaired) electrons. The molecule has 90 valence electrons. The number of rotatable bonds is 1. The normalized spacial score (nSPS) is 16.3. The minimum Gasteiger partial charge on any atom is -0.354 e. The van der Waals surface area contributed by atoms with Crippen LogP contribution in [-0.2, 0) is 4.79 Å². The summed E-state index contributed by atoms with van der Waals surface area (Å²) in [5, 5.41) is 2.70. The molecule has 1 saturated heterocycles. The third kappa shape index (κ3) is 2.81. The van der Waals surface area contributed by atoms with E-state index in [2.05, 4.69) is 5.32 Å². The Morgan fingerprint density at radius 2 is 2.00 bits per heavy atom. The molecule has 1 fully saturated rings. The van der Waals surface area contributed by atoms with Gasteiger partial charge in [-0.25, -0.2) is 4.39 Å². The van der Waals surface area contributed by atoms with E-state index in [9.17, 15) is 14.0 Å². The first-order chi connectivity index (χ1) is 8.16. The Hall–Kier alpha value is -1.91. The van der Waals surface area contributed by atoms with Gasteiger partial charge in [0.1, 0.15) is 5.82 Å². The van der Waals surface area contributed by atoms with Crippen LogP contribution in [0, 0.1) is 5.82 Å². The van der Waals surface area contributed by atoms with Crippen LogP contribution in [0.4, 0.5) is 4.39 Å². The Labute approximate surface area is 98.4 Å². The molecule has 4 nitrogen and oxygen atoms in total. The first kappa shape index (κ1) is 11.6. The summed E-state index contributed by atoms with van der Waals surface area (Å²) in [7, 11) is 0. The van der Waals surface area contributed by atoms with Crippen LogP contribution in [0.1, 0.15) is 16.8 Å². The number of hydrogen-bond donors (Lipinski definition) is 1. The van der Waals surface area contributed by atoms with Gasteiger partial charge in [-0.3, -0.25) is 9.59 Å². The van der Waals surface area contributed by atoms with E-state index in [4.69, 9.17) is 0 Å². The van der Waals surface area contributed by atoms with Crippen LogP contribution in [-0.4, -0.2) is 36.3 Å². The molecule has 1 aromatic rings. The maximum absolute atomic E-state index is 12.7. The maximum Gasteiger partial charge on any atom is 0.254 e. The molecule has 5 heteroatoms. The number of hydrogen-bond acceptors (Lipinski definition) is 2. The fourth-order valence-corrected chi connectivity index (χ4v) is 1.75. The zero-order chi connectivity index (χ0) is 12.3. The van der Waals surface area contributed by atoms with E-state index in [-0.39, 0.29) is 24.2 Å². The topological polar surface area (TPSA) is 49.4 Å². The van der Waals surface area contributed by atoms with Crippen molar-refractivity contribution in [2.24, 2.45) is 0 Å². The van der Waals surface area contributed by atoms with Crippen molar-refractivity contribution >= 4 is 11.8 Å². The highest BCUT2D eigenvalue weighted by Gasteiger charge is 2.20. The predicted octanol–water partition coefficient (Wildman–Crippen LogP) is 0.788. The minimum atomic E-state index is -0.379. The summed E-state index contributed by atoms with van der Waals surface area (Å²) in [6.07, 6.45) is 0.735. The molecule has 2 rings (SSSR count). The van der Waals surface area contributed by atoms with E-state index in [0.717, 1.165) is 6.42 Å². The van der Waals surface area contributed by atoms with Gasteiger partial charge in [0.15, 0.2) is 0 Å². The molecule has 17 heavy (non-hydrogen) atoms. The summed E-state index contributed by atoms with van der Waals surface area (Å²) < 4.78 is 12.7. The molecule has 1 aliphatic heterocycles. The second kappa shape index (κ2) is 4.95. The standard InChI is InChI=1S/C12H13FN2O2/c13-10-4-2-9(3-5-10)12(17)15-7-1-6-14-11(16)8-15/h2-5H,1,6-8H2,(H,14,16). The number of nitrogens with one attached hydrogen (secondary N) is 1. The lowest BCUT2D eigenvalue weighted by atomic mass is 10.2. The summed E-state index contributed by atoms with van der Waals surface area (Å²) in [6, 6.07) is 5.34. The van der Waals surface area contributed by atoms with E-state index in [1.807, 2.05) is 0 Å². The second-order valence-corrected chi connectivity index (χ2v) is 3.94. The number of carbonyl (C=O) groups is 2. The van der Waals surface area contributed by atoms with E-state index in [1.165, 1.54) is 29.2 Å². The van der Waals surface area contributed by atoms with Gasteiger partial charge in [0.05, 0.1) is 6.54 Å². The Morgan fingerprint density at radius 1 is 1.29 bits per heavy atom. The van der Waals surface area contributed by atoms with Crippen LogP contribution in [0.5, 0.6) is 0 Å². The third-order valence-electron chi connectivity index (χ3n) is 2.64. The second-order valence-electron chi connectivity index (χ2n) is 3.94. The van der Waals surface area contributed by atoms with Crippen LogP contribution >= 0.6 is 0 Å². The summed E-state index contributed by atoms with van der Waals surface area (Å²) in [5.41, 5.74) is 0.404. The van der Waals surface area contributed by atoms with Crippen LogP contribution in [0.15, 0.2) is 24.3 Å². The summed E-state index contributed by atoms with van der Waals surface area (Å²) in [6.45, 7) is 1.19. The van der Waals surface area contributed by atoms with Crippen molar-refractivity contribution < 1.29 is 14.0 Å². The van der Waals surface area contributed by atoms with Gasteiger partial charge in [-0.2, -0.15) is 0 Å². The van der Waals surface area contributed by atoms with Crippen molar-refractivity contribution in [3.05, 3.63) is 35.6 Å². The van der Waals surface area contributed by atoms with Gasteiger partial charge in [-0.05, 0) is 30.7 Å². The van der Waals surface area contributed by atoms with Crippen LogP contribution < -0.4 is 5.32 Å². The first-order valence-electron chi connectivity index (χ1n) is 5.48. The molecule has 1 aliphatic rings. The smallest absolute Gasteiger partial charge is 0.254 e. The molecule has 0 aliphatic carbocycles. The van der Waals surface area contributed by atoms with Gasteiger partial charge >= 0.3 is 0 Å². The van der Waals surface area contributed by atoms with Gasteiger partial charge in [0.25, 0.3) is 5.91 Å². The molecule has 0 saturated carbocycles. The molecule has 0 bridgehead atoms. The fourth-order valence-electron chi connectivity index (χ4n) is 1.75. The third-order valence-corrected chi connectivity index (χ3v) is 2.64. The lowest BCUT2D eigenvalue weighted by molar-refractivity contribution is -0.121. The average molecular weight is 236 g/mol. The number of benzene rings is 1. The predicted molar refractivity (Wildman–Crippen MR) is 59.9 cm³/mol. The summed E-state index contributed by atoms with van der Waals surface area (Å²) >= 11 is 0. The van der Waals surface area contributed by atoms with Crippen molar-refractivity contribution in [1.29, 1.82) is 0 Å². The maximum atomic E-state index is 12.7. The quantitative estimate of drug-likeness (QED) is 0.783. The van der Waals surface area contributed by atoms with Gasteiger partial charge in [0, 0.05) is 18.7 Å². The van der Waals surface area contributed by atoms with Crippen LogP contribution in [0.25, 0.3) is 0 Å². The molecule has 0 aromatic heterocycles. The lowest BCUT2D eigenvalue weighted by Crippen LogP contribution is -2.37. The molecular formula is C12H13FN2O2. The number of amides is 2. The van der Waals surface area contributed by atoms with Gasteiger partial charge in [-0.15, -0.1) is 0 Å². The molecule has 0 spiro atoms. The average Bonchev–Trinajstić information content (AvgIpc) is 2.54. The fraction of sp³-hybridized carbons (Fsp3) is 0.333. The Kier molecular flexibility index (Phi) is 3.37. The van der Waals surface area contributed by atoms with E-state index < -0.39 is 0 Å². The highest BCUT2D eigenvalue weighted by Crippen LogP contribution is 2.08. The summed E-state index contributed by atoms with van der Waals surface area (Å²) in [5.74, 6) is -0.768. The zero-order valence-corrected chi connectivity index (χ0v) is 9.28. The molecule has 1 N–H and O–H groups in total. The number of nitrogens with zero attached hydrogens (tertiary/aromatic N) is 1. The largest absolute Gasteiger partial charge is 0.354 e. The molecule has 0 atom stereocenters. The molecule has 0 unspecified atom stereocenters.